The van der Waals surface area contributed by atoms with Gasteiger partial charge in [-0.05, 0) is 116 Å². The van der Waals surface area contributed by atoms with Crippen molar-refractivity contribution in [3.63, 3.8) is 0 Å². The van der Waals surface area contributed by atoms with E-state index in [1.54, 1.807) is 0 Å². The van der Waals surface area contributed by atoms with Gasteiger partial charge in [0.05, 0.1) is 13.2 Å². The standard InChI is InChI=1S/C59H86O5/c1-4-7-10-13-16-19-22-25-27-29-30-31-32-35-37-40-43-46-49-52-58(60)63-56-57(64-59(61)53-50-47-44-41-38-34-24-21-18-15-12-9-6-3)55-62-54-51-48-45-42-39-36-33-28-26-23-20-17-14-11-8-5-2/h7-12,16-21,25-28,30-31,34-39,43-48,57H,4-6,13-15,22-24,29,32-33,40-42,49-56H2,1-3H3/b10-7-,11-8-,12-9-,19-16-,20-17-,21-18-,27-25-,28-26-,31-30-,37-35-,38-34-,39-36-,46-43-,47-44-,48-45-. The molecule has 0 rings (SSSR count). The SMILES string of the molecule is CC/C=C\C/C=C\C/C=C\C/C=C\C/C=C\C/C=C\CCC(=O)OCC(COCC/C=C\C/C=C\C/C=C\C/C=C\C/C=C\CC)OC(=O)CC/C=C\C/C=C\C/C=C\C/C=C\CC. The van der Waals surface area contributed by atoms with Gasteiger partial charge in [0.25, 0.3) is 0 Å². The summed E-state index contributed by atoms with van der Waals surface area (Å²) in [5.74, 6) is -0.651. The first-order valence-corrected chi connectivity index (χ1v) is 24.3. The minimum atomic E-state index is -0.659. The largest absolute Gasteiger partial charge is 0.462 e. The van der Waals surface area contributed by atoms with Crippen molar-refractivity contribution in [3.05, 3.63) is 182 Å². The number of esters is 2. The maximum atomic E-state index is 12.7. The van der Waals surface area contributed by atoms with E-state index < -0.39 is 6.10 Å². The summed E-state index contributed by atoms with van der Waals surface area (Å²) in [6.45, 7) is 7.06. The molecule has 1 unspecified atom stereocenters. The summed E-state index contributed by atoms with van der Waals surface area (Å²) in [7, 11) is 0. The van der Waals surface area contributed by atoms with Gasteiger partial charge in [0, 0.05) is 12.8 Å². The van der Waals surface area contributed by atoms with E-state index in [2.05, 4.69) is 191 Å². The van der Waals surface area contributed by atoms with Crippen LogP contribution in [0.25, 0.3) is 0 Å². The Labute approximate surface area is 391 Å². The third-order valence-electron chi connectivity index (χ3n) is 8.96. The lowest BCUT2D eigenvalue weighted by molar-refractivity contribution is -0.162. The maximum Gasteiger partial charge on any atom is 0.306 e. The fourth-order valence-electron chi connectivity index (χ4n) is 5.49. The third kappa shape index (κ3) is 49.7. The second kappa shape index (κ2) is 52.3. The fourth-order valence-corrected chi connectivity index (χ4v) is 5.49. The van der Waals surface area contributed by atoms with Crippen molar-refractivity contribution >= 4 is 11.9 Å². The van der Waals surface area contributed by atoms with Crippen molar-refractivity contribution in [2.75, 3.05) is 19.8 Å². The van der Waals surface area contributed by atoms with Crippen molar-refractivity contribution < 1.29 is 23.8 Å². The number of ether oxygens (including phenoxy) is 3. The highest BCUT2D eigenvalue weighted by Crippen LogP contribution is 2.06. The molecule has 5 heteroatoms. The molecule has 0 aliphatic heterocycles. The fraction of sp³-hybridized carbons (Fsp3) is 0.458. The van der Waals surface area contributed by atoms with Gasteiger partial charge in [-0.25, -0.2) is 0 Å². The number of allylic oxidation sites excluding steroid dienone is 29. The summed E-state index contributed by atoms with van der Waals surface area (Å²) in [5.41, 5.74) is 0. The van der Waals surface area contributed by atoms with Gasteiger partial charge in [0.1, 0.15) is 6.61 Å². The van der Waals surface area contributed by atoms with Gasteiger partial charge < -0.3 is 14.2 Å². The molecule has 0 amide bonds. The van der Waals surface area contributed by atoms with Crippen LogP contribution in [0.4, 0.5) is 0 Å². The molecule has 0 aromatic heterocycles. The van der Waals surface area contributed by atoms with Gasteiger partial charge in [0.15, 0.2) is 6.10 Å². The molecule has 0 radical (unpaired) electrons. The molecule has 0 heterocycles. The molecule has 0 aliphatic rings. The first-order chi connectivity index (χ1) is 31.6. The van der Waals surface area contributed by atoms with E-state index in [1.165, 1.54) is 0 Å². The van der Waals surface area contributed by atoms with Gasteiger partial charge in [-0.1, -0.05) is 203 Å². The zero-order valence-electron chi connectivity index (χ0n) is 40.2. The second-order valence-corrected chi connectivity index (χ2v) is 14.9. The van der Waals surface area contributed by atoms with Crippen LogP contribution < -0.4 is 0 Å². The van der Waals surface area contributed by atoms with Gasteiger partial charge in [-0.3, -0.25) is 9.59 Å². The molecule has 0 N–H and O–H groups in total. The molecule has 0 fully saturated rings. The Morgan fingerprint density at radius 1 is 0.328 bits per heavy atom. The Morgan fingerprint density at radius 2 is 0.594 bits per heavy atom. The first kappa shape index (κ1) is 59.0. The molecule has 0 aromatic rings. The normalized spacial score (nSPS) is 13.9. The highest BCUT2D eigenvalue weighted by Gasteiger charge is 2.17. The van der Waals surface area contributed by atoms with E-state index in [0.29, 0.717) is 19.4 Å². The van der Waals surface area contributed by atoms with E-state index in [1.807, 2.05) is 12.2 Å². The number of carbonyl (C=O) groups is 2. The summed E-state index contributed by atoms with van der Waals surface area (Å²) < 4.78 is 17.1. The summed E-state index contributed by atoms with van der Waals surface area (Å²) in [5, 5.41) is 0. The molecule has 0 saturated carbocycles. The molecule has 5 nitrogen and oxygen atoms in total. The first-order valence-electron chi connectivity index (χ1n) is 24.3. The van der Waals surface area contributed by atoms with Crippen molar-refractivity contribution in [1.29, 1.82) is 0 Å². The summed E-state index contributed by atoms with van der Waals surface area (Å²) in [6.07, 6.45) is 80.9. The van der Waals surface area contributed by atoms with Crippen LogP contribution in [-0.2, 0) is 23.8 Å². The quantitative estimate of drug-likeness (QED) is 0.0348. The lowest BCUT2D eigenvalue weighted by Gasteiger charge is -2.18. The lowest BCUT2D eigenvalue weighted by Crippen LogP contribution is -2.30. The van der Waals surface area contributed by atoms with Gasteiger partial charge in [-0.2, -0.15) is 0 Å². The third-order valence-corrected chi connectivity index (χ3v) is 8.96. The molecule has 64 heavy (non-hydrogen) atoms. The molecular weight excluding hydrogens is 789 g/mol. The van der Waals surface area contributed by atoms with Gasteiger partial charge in [-0.15, -0.1) is 0 Å². The minimum Gasteiger partial charge on any atom is -0.462 e. The Bertz CT molecular complexity index is 1550. The summed E-state index contributed by atoms with van der Waals surface area (Å²) in [6, 6.07) is 0. The van der Waals surface area contributed by atoms with Crippen LogP contribution in [0, 0.1) is 0 Å². The van der Waals surface area contributed by atoms with Crippen molar-refractivity contribution in [1.82, 2.24) is 0 Å². The van der Waals surface area contributed by atoms with E-state index >= 15 is 0 Å². The molecule has 1 atom stereocenters. The molecule has 0 spiro atoms. The van der Waals surface area contributed by atoms with E-state index in [4.69, 9.17) is 14.2 Å². The van der Waals surface area contributed by atoms with E-state index in [-0.39, 0.29) is 38.0 Å². The molecule has 0 aromatic carbocycles. The van der Waals surface area contributed by atoms with Gasteiger partial charge in [0.2, 0.25) is 0 Å². The van der Waals surface area contributed by atoms with Crippen molar-refractivity contribution in [2.24, 2.45) is 0 Å². The predicted octanol–water partition coefficient (Wildman–Crippen LogP) is 16.7. The van der Waals surface area contributed by atoms with Crippen LogP contribution in [0.5, 0.6) is 0 Å². The topological polar surface area (TPSA) is 61.8 Å². The van der Waals surface area contributed by atoms with Crippen molar-refractivity contribution in [3.8, 4) is 0 Å². The van der Waals surface area contributed by atoms with Crippen LogP contribution in [0.1, 0.15) is 149 Å². The van der Waals surface area contributed by atoms with Crippen LogP contribution in [0.15, 0.2) is 182 Å². The molecule has 352 valence electrons. The maximum absolute atomic E-state index is 12.7. The highest BCUT2D eigenvalue weighted by atomic mass is 16.6. The smallest absolute Gasteiger partial charge is 0.306 e. The molecule has 0 aliphatic carbocycles. The van der Waals surface area contributed by atoms with E-state index in [9.17, 15) is 9.59 Å². The Kier molecular flexibility index (Phi) is 48.3. The Morgan fingerprint density at radius 3 is 0.906 bits per heavy atom. The minimum absolute atomic E-state index is 0.0278. The molecule has 0 bridgehead atoms. The zero-order chi connectivity index (χ0) is 46.3. The lowest BCUT2D eigenvalue weighted by atomic mass is 10.2. The van der Waals surface area contributed by atoms with Crippen LogP contribution >= 0.6 is 0 Å². The summed E-state index contributed by atoms with van der Waals surface area (Å²) >= 11 is 0. The number of hydrogen-bond acceptors (Lipinski definition) is 5. The van der Waals surface area contributed by atoms with Crippen molar-refractivity contribution in [2.45, 2.75) is 155 Å². The number of rotatable bonds is 41. The average Bonchev–Trinajstić information content (AvgIpc) is 3.30. The Balaban J connectivity index is 4.63. The Hall–Kier alpha value is -5.00. The van der Waals surface area contributed by atoms with Crippen LogP contribution in [0.2, 0.25) is 0 Å². The van der Waals surface area contributed by atoms with E-state index in [0.717, 1.165) is 103 Å². The van der Waals surface area contributed by atoms with Crippen LogP contribution in [0.3, 0.4) is 0 Å². The zero-order valence-corrected chi connectivity index (χ0v) is 40.2. The second-order valence-electron chi connectivity index (χ2n) is 14.9. The predicted molar refractivity (Wildman–Crippen MR) is 278 cm³/mol. The summed E-state index contributed by atoms with van der Waals surface area (Å²) in [4.78, 5) is 25.3. The van der Waals surface area contributed by atoms with Crippen LogP contribution in [-0.4, -0.2) is 37.9 Å². The highest BCUT2D eigenvalue weighted by molar-refractivity contribution is 5.70. The number of carbonyl (C=O) groups excluding carboxylic acids is 2. The molecule has 0 saturated heterocycles. The average molecular weight is 875 g/mol. The number of hydrogen-bond donors (Lipinski definition) is 0. The monoisotopic (exact) mass is 875 g/mol. The molecular formula is C59H86O5. The van der Waals surface area contributed by atoms with Gasteiger partial charge >= 0.3 is 11.9 Å².